The minimum Gasteiger partial charge on any atom is -0.327 e. The van der Waals surface area contributed by atoms with Crippen LogP contribution in [0, 0.1) is 5.92 Å². The van der Waals surface area contributed by atoms with Gasteiger partial charge in [-0.2, -0.15) is 0 Å². The molecule has 0 aliphatic heterocycles. The van der Waals surface area contributed by atoms with Gasteiger partial charge in [0.05, 0.1) is 17.0 Å². The molecule has 5 nitrogen and oxygen atoms in total. The average Bonchev–Trinajstić information content (AvgIpc) is 2.64. The molecule has 0 bridgehead atoms. The molecular formula is C10H16ClN3O2S. The number of amides is 1. The Morgan fingerprint density at radius 2 is 2.06 bits per heavy atom. The minimum absolute atomic E-state index is 0. The van der Waals surface area contributed by atoms with Gasteiger partial charge < -0.3 is 11.1 Å². The highest BCUT2D eigenvalue weighted by molar-refractivity contribution is 7.17. The van der Waals surface area contributed by atoms with Gasteiger partial charge in [-0.05, 0) is 6.92 Å². The van der Waals surface area contributed by atoms with Crippen molar-refractivity contribution in [2.24, 2.45) is 11.7 Å². The summed E-state index contributed by atoms with van der Waals surface area (Å²) in [6.07, 6.45) is 1.46. The van der Waals surface area contributed by atoms with Crippen molar-refractivity contribution in [3.05, 3.63) is 11.1 Å². The summed E-state index contributed by atoms with van der Waals surface area (Å²) in [5, 5.41) is 3.07. The van der Waals surface area contributed by atoms with Gasteiger partial charge in [-0.25, -0.2) is 4.98 Å². The number of halogens is 1. The van der Waals surface area contributed by atoms with Crippen molar-refractivity contribution >= 4 is 40.6 Å². The zero-order valence-electron chi connectivity index (χ0n) is 9.89. The molecule has 1 heterocycles. The molecule has 1 aromatic heterocycles. The van der Waals surface area contributed by atoms with Crippen LogP contribution < -0.4 is 11.1 Å². The maximum Gasteiger partial charge on any atom is 0.230 e. The van der Waals surface area contributed by atoms with Crippen LogP contribution in [0.25, 0.3) is 0 Å². The minimum atomic E-state index is -0.287. The van der Waals surface area contributed by atoms with E-state index in [9.17, 15) is 9.59 Å². The number of nitrogens with one attached hydrogen (secondary N) is 1. The zero-order valence-corrected chi connectivity index (χ0v) is 11.5. The molecule has 0 fully saturated rings. The second kappa shape index (κ2) is 6.68. The molecular weight excluding hydrogens is 262 g/mol. The fraction of sp³-hybridized carbons (Fsp3) is 0.500. The quantitative estimate of drug-likeness (QED) is 0.820. The van der Waals surface area contributed by atoms with Crippen LogP contribution in [0.1, 0.15) is 30.4 Å². The molecule has 0 aliphatic carbocycles. The van der Waals surface area contributed by atoms with Crippen LogP contribution in [0.2, 0.25) is 0 Å². The Kier molecular flexibility index (Phi) is 6.30. The van der Waals surface area contributed by atoms with Gasteiger partial charge in [-0.1, -0.05) is 18.3 Å². The summed E-state index contributed by atoms with van der Waals surface area (Å²) in [7, 11) is 0. The van der Waals surface area contributed by atoms with Crippen molar-refractivity contribution in [2.75, 3.05) is 5.32 Å². The summed E-state index contributed by atoms with van der Waals surface area (Å²) in [6, 6.07) is -0.216. The van der Waals surface area contributed by atoms with Gasteiger partial charge in [-0.15, -0.1) is 12.4 Å². The Bertz CT molecular complexity index is 406. The SMILES string of the molecule is CC(=O)c1cnc(NC(=O)C(C)C(C)N)s1.Cl. The Morgan fingerprint density at radius 3 is 2.47 bits per heavy atom. The number of aromatic nitrogens is 1. The van der Waals surface area contributed by atoms with Gasteiger partial charge >= 0.3 is 0 Å². The third kappa shape index (κ3) is 4.41. The van der Waals surface area contributed by atoms with Gasteiger partial charge in [-0.3, -0.25) is 9.59 Å². The Balaban J connectivity index is 0.00000256. The predicted octanol–water partition coefficient (Wildman–Crippen LogP) is 1.69. The number of carbonyl (C=O) groups excluding carboxylic acids is 2. The zero-order chi connectivity index (χ0) is 12.3. The third-order valence-corrected chi connectivity index (χ3v) is 3.30. The first-order valence-corrected chi connectivity index (χ1v) is 5.76. The lowest BCUT2D eigenvalue weighted by molar-refractivity contribution is -0.119. The van der Waals surface area contributed by atoms with E-state index in [0.29, 0.717) is 10.0 Å². The number of Topliss-reactive ketones (excluding diaryl/α,β-unsaturated/α-hetero) is 1. The number of nitrogens with two attached hydrogens (primary N) is 1. The first-order valence-electron chi connectivity index (χ1n) is 4.95. The van der Waals surface area contributed by atoms with Crippen LogP contribution >= 0.6 is 23.7 Å². The largest absolute Gasteiger partial charge is 0.327 e. The van der Waals surface area contributed by atoms with Crippen LogP contribution in [-0.2, 0) is 4.79 Å². The van der Waals surface area contributed by atoms with Gasteiger partial charge in [0.25, 0.3) is 0 Å². The number of thiazole rings is 1. The second-order valence-electron chi connectivity index (χ2n) is 3.72. The highest BCUT2D eigenvalue weighted by Gasteiger charge is 2.18. The Morgan fingerprint density at radius 1 is 1.47 bits per heavy atom. The van der Waals surface area contributed by atoms with Crippen molar-refractivity contribution in [2.45, 2.75) is 26.8 Å². The summed E-state index contributed by atoms with van der Waals surface area (Å²) < 4.78 is 0. The highest BCUT2D eigenvalue weighted by Crippen LogP contribution is 2.19. The molecule has 0 spiro atoms. The van der Waals surface area contributed by atoms with Crippen molar-refractivity contribution in [3.63, 3.8) is 0 Å². The molecule has 1 aromatic rings. The molecule has 1 amide bonds. The first kappa shape index (κ1) is 16.0. The smallest absolute Gasteiger partial charge is 0.230 e. The molecule has 17 heavy (non-hydrogen) atoms. The predicted molar refractivity (Wildman–Crippen MR) is 70.8 cm³/mol. The van der Waals surface area contributed by atoms with Crippen LogP contribution in [0.5, 0.6) is 0 Å². The standard InChI is InChI=1S/C10H15N3O2S.ClH/c1-5(6(2)11)9(15)13-10-12-4-8(16-10)7(3)14;/h4-6H,11H2,1-3H3,(H,12,13,15);1H. The van der Waals surface area contributed by atoms with Crippen molar-refractivity contribution in [1.29, 1.82) is 0 Å². The van der Waals surface area contributed by atoms with Crippen LogP contribution in [0.4, 0.5) is 5.13 Å². The van der Waals surface area contributed by atoms with Crippen LogP contribution in [-0.4, -0.2) is 22.7 Å². The molecule has 96 valence electrons. The summed E-state index contributed by atoms with van der Waals surface area (Å²) in [6.45, 7) is 4.98. The Labute approximate surface area is 110 Å². The van der Waals surface area contributed by atoms with E-state index in [1.165, 1.54) is 24.5 Å². The van der Waals surface area contributed by atoms with Crippen molar-refractivity contribution in [1.82, 2.24) is 4.98 Å². The summed E-state index contributed by atoms with van der Waals surface area (Å²) in [4.78, 5) is 27.1. The van der Waals surface area contributed by atoms with E-state index in [-0.39, 0.29) is 36.1 Å². The van der Waals surface area contributed by atoms with E-state index < -0.39 is 0 Å². The molecule has 2 unspecified atom stereocenters. The molecule has 0 saturated carbocycles. The number of ketones is 1. The number of nitrogens with zero attached hydrogens (tertiary/aromatic N) is 1. The average molecular weight is 278 g/mol. The van der Waals surface area contributed by atoms with E-state index >= 15 is 0 Å². The van der Waals surface area contributed by atoms with E-state index in [2.05, 4.69) is 10.3 Å². The summed E-state index contributed by atoms with van der Waals surface area (Å²) >= 11 is 1.17. The molecule has 0 aliphatic rings. The second-order valence-corrected chi connectivity index (χ2v) is 4.75. The van der Waals surface area contributed by atoms with Gasteiger partial charge in [0, 0.05) is 13.0 Å². The fourth-order valence-electron chi connectivity index (χ4n) is 0.953. The van der Waals surface area contributed by atoms with E-state index in [1.54, 1.807) is 13.8 Å². The fourth-order valence-corrected chi connectivity index (χ4v) is 1.67. The molecule has 0 saturated heterocycles. The van der Waals surface area contributed by atoms with Crippen molar-refractivity contribution in [3.8, 4) is 0 Å². The third-order valence-electron chi connectivity index (χ3n) is 2.29. The molecule has 0 radical (unpaired) electrons. The number of carbonyl (C=O) groups is 2. The summed E-state index contributed by atoms with van der Waals surface area (Å²) in [5.41, 5.74) is 5.61. The lowest BCUT2D eigenvalue weighted by Gasteiger charge is -2.13. The Hall–Kier alpha value is -0.980. The number of hydrogen-bond donors (Lipinski definition) is 2. The highest BCUT2D eigenvalue weighted by atomic mass is 35.5. The number of rotatable bonds is 4. The molecule has 1 rings (SSSR count). The van der Waals surface area contributed by atoms with E-state index in [1.807, 2.05) is 0 Å². The summed E-state index contributed by atoms with van der Waals surface area (Å²) in [5.74, 6) is -0.526. The maximum atomic E-state index is 11.6. The topological polar surface area (TPSA) is 85.1 Å². The normalized spacial score (nSPS) is 13.4. The number of hydrogen-bond acceptors (Lipinski definition) is 5. The molecule has 0 aromatic carbocycles. The molecule has 2 atom stereocenters. The lowest BCUT2D eigenvalue weighted by Crippen LogP contribution is -2.34. The number of anilines is 1. The van der Waals surface area contributed by atoms with Gasteiger partial charge in [0.1, 0.15) is 0 Å². The van der Waals surface area contributed by atoms with Gasteiger partial charge in [0.15, 0.2) is 10.9 Å². The molecule has 7 heteroatoms. The van der Waals surface area contributed by atoms with E-state index in [4.69, 9.17) is 5.73 Å². The van der Waals surface area contributed by atoms with E-state index in [0.717, 1.165) is 0 Å². The van der Waals surface area contributed by atoms with Crippen LogP contribution in [0.15, 0.2) is 6.20 Å². The van der Waals surface area contributed by atoms with Crippen molar-refractivity contribution < 1.29 is 9.59 Å². The maximum absolute atomic E-state index is 11.6. The lowest BCUT2D eigenvalue weighted by atomic mass is 10.0. The van der Waals surface area contributed by atoms with Crippen LogP contribution in [0.3, 0.4) is 0 Å². The first-order chi connectivity index (χ1) is 7.41. The monoisotopic (exact) mass is 277 g/mol. The van der Waals surface area contributed by atoms with Gasteiger partial charge in [0.2, 0.25) is 5.91 Å². The molecule has 3 N–H and O–H groups in total.